The van der Waals surface area contributed by atoms with Crippen LogP contribution in [0.2, 0.25) is 0 Å². The molecule has 0 aliphatic carbocycles. The molecule has 1 aliphatic heterocycles. The van der Waals surface area contributed by atoms with Crippen molar-refractivity contribution in [2.75, 3.05) is 37.6 Å². The second-order valence-corrected chi connectivity index (χ2v) is 5.97. The van der Waals surface area contributed by atoms with Gasteiger partial charge in [-0.3, -0.25) is 9.59 Å². The van der Waals surface area contributed by atoms with E-state index in [4.69, 9.17) is 0 Å². The van der Waals surface area contributed by atoms with Crippen LogP contribution in [0.25, 0.3) is 0 Å². The predicted octanol–water partition coefficient (Wildman–Crippen LogP) is 0.864. The smallest absolute Gasteiger partial charge is 0.251 e. The Morgan fingerprint density at radius 3 is 2.48 bits per heavy atom. The van der Waals surface area contributed by atoms with E-state index in [2.05, 4.69) is 20.2 Å². The lowest BCUT2D eigenvalue weighted by atomic mass is 10.1. The molecule has 1 aromatic carbocycles. The molecule has 7 heteroatoms. The molecule has 2 amide bonds. The Bertz CT molecular complexity index is 742. The first-order valence-corrected chi connectivity index (χ1v) is 8.28. The molecule has 0 radical (unpaired) electrons. The average molecular weight is 339 g/mol. The summed E-state index contributed by atoms with van der Waals surface area (Å²) >= 11 is 0. The summed E-state index contributed by atoms with van der Waals surface area (Å²) in [4.78, 5) is 36.7. The summed E-state index contributed by atoms with van der Waals surface area (Å²) in [6.07, 6.45) is 3.42. The van der Waals surface area contributed by atoms with E-state index in [-0.39, 0.29) is 18.4 Å². The van der Waals surface area contributed by atoms with Crippen molar-refractivity contribution in [2.45, 2.75) is 6.92 Å². The maximum Gasteiger partial charge on any atom is 0.251 e. The Kier molecular flexibility index (Phi) is 5.23. The van der Waals surface area contributed by atoms with Crippen LogP contribution < -0.4 is 10.2 Å². The largest absolute Gasteiger partial charge is 0.343 e. The number of hydrogen-bond donors (Lipinski definition) is 1. The van der Waals surface area contributed by atoms with Gasteiger partial charge in [-0.05, 0) is 25.1 Å². The maximum absolute atomic E-state index is 12.3. The molecule has 0 spiro atoms. The molecule has 3 rings (SSSR count). The van der Waals surface area contributed by atoms with Gasteiger partial charge >= 0.3 is 0 Å². The zero-order valence-electron chi connectivity index (χ0n) is 14.2. The van der Waals surface area contributed by atoms with Gasteiger partial charge in [-0.15, -0.1) is 0 Å². The first-order valence-electron chi connectivity index (χ1n) is 8.28. The zero-order chi connectivity index (χ0) is 17.6. The monoisotopic (exact) mass is 339 g/mol. The molecule has 0 saturated carbocycles. The maximum atomic E-state index is 12.3. The molecule has 1 N–H and O–H groups in total. The van der Waals surface area contributed by atoms with Crippen molar-refractivity contribution >= 4 is 17.8 Å². The summed E-state index contributed by atoms with van der Waals surface area (Å²) in [6, 6.07) is 9.08. The van der Waals surface area contributed by atoms with Crippen LogP contribution in [-0.2, 0) is 4.79 Å². The molecule has 1 fully saturated rings. The lowest BCUT2D eigenvalue weighted by molar-refractivity contribution is -0.130. The van der Waals surface area contributed by atoms with E-state index in [0.29, 0.717) is 37.7 Å². The van der Waals surface area contributed by atoms with Gasteiger partial charge in [0.15, 0.2) is 0 Å². The number of hydrogen-bond acceptors (Lipinski definition) is 5. The minimum atomic E-state index is -0.228. The van der Waals surface area contributed by atoms with Crippen LogP contribution in [0.15, 0.2) is 42.7 Å². The van der Waals surface area contributed by atoms with Gasteiger partial charge in [-0.1, -0.05) is 17.7 Å². The number of rotatable bonds is 4. The molecule has 2 aromatic rings. The second-order valence-electron chi connectivity index (χ2n) is 5.97. The molecule has 0 bridgehead atoms. The average Bonchev–Trinajstić information content (AvgIpc) is 2.66. The molecule has 1 aromatic heterocycles. The lowest BCUT2D eigenvalue weighted by Crippen LogP contribution is -2.51. The number of benzene rings is 1. The van der Waals surface area contributed by atoms with E-state index in [1.165, 1.54) is 0 Å². The number of nitrogens with zero attached hydrogens (tertiary/aromatic N) is 4. The fraction of sp³-hybridized carbons (Fsp3) is 0.333. The number of carbonyl (C=O) groups is 2. The number of nitrogens with one attached hydrogen (secondary N) is 1. The Balaban J connectivity index is 1.47. The molecular weight excluding hydrogens is 318 g/mol. The highest BCUT2D eigenvalue weighted by Crippen LogP contribution is 2.09. The van der Waals surface area contributed by atoms with Crippen LogP contribution >= 0.6 is 0 Å². The van der Waals surface area contributed by atoms with E-state index in [0.717, 1.165) is 5.56 Å². The number of piperazine rings is 1. The summed E-state index contributed by atoms with van der Waals surface area (Å²) < 4.78 is 0. The van der Waals surface area contributed by atoms with Crippen molar-refractivity contribution in [2.24, 2.45) is 0 Å². The molecular formula is C18H21N5O2. The third-order valence-corrected chi connectivity index (χ3v) is 4.15. The predicted molar refractivity (Wildman–Crippen MR) is 94.3 cm³/mol. The molecule has 2 heterocycles. The third-order valence-electron chi connectivity index (χ3n) is 4.15. The van der Waals surface area contributed by atoms with E-state index >= 15 is 0 Å². The van der Waals surface area contributed by atoms with Crippen molar-refractivity contribution < 1.29 is 9.59 Å². The highest BCUT2D eigenvalue weighted by Gasteiger charge is 2.22. The lowest BCUT2D eigenvalue weighted by Gasteiger charge is -2.34. The van der Waals surface area contributed by atoms with E-state index < -0.39 is 0 Å². The highest BCUT2D eigenvalue weighted by atomic mass is 16.2. The summed E-state index contributed by atoms with van der Waals surface area (Å²) in [5.74, 6) is 0.380. The van der Waals surface area contributed by atoms with Gasteiger partial charge in [0.1, 0.15) is 0 Å². The minimum absolute atomic E-state index is 0.00854. The van der Waals surface area contributed by atoms with Gasteiger partial charge in [0.2, 0.25) is 11.9 Å². The van der Waals surface area contributed by atoms with Crippen LogP contribution in [0, 0.1) is 6.92 Å². The molecule has 1 saturated heterocycles. The SMILES string of the molecule is Cc1cccc(C(=O)NCC(=O)N2CCN(c3ncccn3)CC2)c1. The van der Waals surface area contributed by atoms with Crippen molar-refractivity contribution in [3.8, 4) is 0 Å². The fourth-order valence-corrected chi connectivity index (χ4v) is 2.77. The van der Waals surface area contributed by atoms with E-state index in [1.54, 1.807) is 35.5 Å². The summed E-state index contributed by atoms with van der Waals surface area (Å²) in [5, 5.41) is 2.70. The van der Waals surface area contributed by atoms with E-state index in [9.17, 15) is 9.59 Å². The van der Waals surface area contributed by atoms with Crippen LogP contribution in [0.1, 0.15) is 15.9 Å². The number of aromatic nitrogens is 2. The molecule has 1 aliphatic rings. The summed E-state index contributed by atoms with van der Waals surface area (Å²) in [6.45, 7) is 4.49. The molecule has 7 nitrogen and oxygen atoms in total. The van der Waals surface area contributed by atoms with Crippen LogP contribution in [0.3, 0.4) is 0 Å². The Morgan fingerprint density at radius 2 is 1.80 bits per heavy atom. The van der Waals surface area contributed by atoms with Gasteiger partial charge in [-0.25, -0.2) is 9.97 Å². The van der Waals surface area contributed by atoms with Crippen molar-refractivity contribution in [3.05, 3.63) is 53.9 Å². The molecule has 0 atom stereocenters. The highest BCUT2D eigenvalue weighted by molar-refractivity contribution is 5.96. The van der Waals surface area contributed by atoms with Crippen LogP contribution in [-0.4, -0.2) is 59.4 Å². The Hall–Kier alpha value is -2.96. The molecule has 0 unspecified atom stereocenters. The Morgan fingerprint density at radius 1 is 1.08 bits per heavy atom. The van der Waals surface area contributed by atoms with Crippen molar-refractivity contribution in [3.63, 3.8) is 0 Å². The van der Waals surface area contributed by atoms with Crippen LogP contribution in [0.4, 0.5) is 5.95 Å². The number of aryl methyl sites for hydroxylation is 1. The zero-order valence-corrected chi connectivity index (χ0v) is 14.2. The van der Waals surface area contributed by atoms with Crippen LogP contribution in [0.5, 0.6) is 0 Å². The van der Waals surface area contributed by atoms with Gasteiger partial charge in [0, 0.05) is 44.1 Å². The summed E-state index contributed by atoms with van der Waals surface area (Å²) in [5.41, 5.74) is 1.58. The molecule has 130 valence electrons. The van der Waals surface area contributed by atoms with Gasteiger partial charge in [0.25, 0.3) is 5.91 Å². The first kappa shape index (κ1) is 16.9. The van der Waals surface area contributed by atoms with E-state index in [1.807, 2.05) is 19.1 Å². The molecule has 25 heavy (non-hydrogen) atoms. The minimum Gasteiger partial charge on any atom is -0.343 e. The van der Waals surface area contributed by atoms with Crippen molar-refractivity contribution in [1.82, 2.24) is 20.2 Å². The van der Waals surface area contributed by atoms with Gasteiger partial charge in [0.05, 0.1) is 6.54 Å². The normalized spacial score (nSPS) is 14.3. The standard InChI is InChI=1S/C18H21N5O2/c1-14-4-2-5-15(12-14)17(25)21-13-16(24)22-8-10-23(11-9-22)18-19-6-3-7-20-18/h2-7,12H,8-11,13H2,1H3,(H,21,25). The fourth-order valence-electron chi connectivity index (χ4n) is 2.77. The number of amides is 2. The topological polar surface area (TPSA) is 78.4 Å². The summed E-state index contributed by atoms with van der Waals surface area (Å²) in [7, 11) is 0. The third kappa shape index (κ3) is 4.32. The second kappa shape index (κ2) is 7.74. The Labute approximate surface area is 146 Å². The van der Waals surface area contributed by atoms with Gasteiger partial charge < -0.3 is 15.1 Å². The first-order chi connectivity index (χ1) is 12.1. The van der Waals surface area contributed by atoms with Crippen molar-refractivity contribution in [1.29, 1.82) is 0 Å². The number of anilines is 1. The van der Waals surface area contributed by atoms with Gasteiger partial charge in [-0.2, -0.15) is 0 Å². The quantitative estimate of drug-likeness (QED) is 0.894. The number of carbonyl (C=O) groups excluding carboxylic acids is 2.